The van der Waals surface area contributed by atoms with Gasteiger partial charge in [0, 0.05) is 0 Å². The Hall–Kier alpha value is -0.640. The largest absolute Gasteiger partial charge is 0.251 e. The van der Waals surface area contributed by atoms with Crippen LogP contribution in [0.2, 0.25) is 0 Å². The molecule has 4 heteroatoms. The van der Waals surface area contributed by atoms with Gasteiger partial charge in [-0.05, 0) is 25.7 Å². The third-order valence-electron chi connectivity index (χ3n) is 1.60. The zero-order valence-corrected chi connectivity index (χ0v) is 10.3. The van der Waals surface area contributed by atoms with Crippen molar-refractivity contribution in [2.75, 3.05) is 7.05 Å². The highest BCUT2D eigenvalue weighted by Crippen LogP contribution is 2.09. The third kappa shape index (κ3) is 11.4. The molecule has 0 N–H and O–H groups in total. The van der Waals surface area contributed by atoms with Crippen LogP contribution in [0.3, 0.4) is 0 Å². The zero-order chi connectivity index (χ0) is 11.6. The van der Waals surface area contributed by atoms with Gasteiger partial charge in [-0.2, -0.15) is 0 Å². The van der Waals surface area contributed by atoms with E-state index in [9.17, 15) is 4.91 Å². The molecule has 0 rings (SSSR count). The van der Waals surface area contributed by atoms with Crippen LogP contribution in [0.15, 0.2) is 5.29 Å². The first-order valence-electron chi connectivity index (χ1n) is 5.30. The molecule has 1 unspecified atom stereocenters. The van der Waals surface area contributed by atoms with Gasteiger partial charge in [0.05, 0.1) is 18.4 Å². The minimum Gasteiger partial charge on any atom is -0.251 e. The Morgan fingerprint density at radius 2 is 1.71 bits per heavy atom. The molecule has 0 aliphatic heterocycles. The maximum atomic E-state index is 9.93. The molecule has 1 atom stereocenters. The highest BCUT2D eigenvalue weighted by Gasteiger charge is 2.06. The topological polar surface area (TPSA) is 41.9 Å². The standard InChI is InChI=1S/C8H18N2O2.C2H6/c1-7(2)5-6-8(3)12-10(4)9-11;1-2/h7-8H,5-6H2,1-4H3;1-2H3. The summed E-state index contributed by atoms with van der Waals surface area (Å²) in [4.78, 5) is 15.0. The van der Waals surface area contributed by atoms with Crippen molar-refractivity contribution in [3.05, 3.63) is 4.91 Å². The molecule has 0 spiro atoms. The van der Waals surface area contributed by atoms with E-state index in [2.05, 4.69) is 19.1 Å². The first-order chi connectivity index (χ1) is 6.56. The van der Waals surface area contributed by atoms with Gasteiger partial charge in [-0.1, -0.05) is 27.7 Å². The van der Waals surface area contributed by atoms with Crippen molar-refractivity contribution in [2.24, 2.45) is 11.2 Å². The molecular formula is C10H24N2O2. The summed E-state index contributed by atoms with van der Waals surface area (Å²) in [5.41, 5.74) is 0. The molecule has 0 saturated heterocycles. The third-order valence-corrected chi connectivity index (χ3v) is 1.60. The molecule has 14 heavy (non-hydrogen) atoms. The maximum absolute atomic E-state index is 9.93. The summed E-state index contributed by atoms with van der Waals surface area (Å²) >= 11 is 0. The second-order valence-corrected chi connectivity index (χ2v) is 3.43. The van der Waals surface area contributed by atoms with Crippen LogP contribution in [-0.4, -0.2) is 18.3 Å². The van der Waals surface area contributed by atoms with Crippen LogP contribution in [-0.2, 0) is 4.84 Å². The Balaban J connectivity index is 0. The molecule has 0 aromatic heterocycles. The predicted octanol–water partition coefficient (Wildman–Crippen LogP) is 3.38. The molecular weight excluding hydrogens is 180 g/mol. The lowest BCUT2D eigenvalue weighted by Crippen LogP contribution is -2.19. The predicted molar refractivity (Wildman–Crippen MR) is 59.5 cm³/mol. The van der Waals surface area contributed by atoms with Crippen molar-refractivity contribution >= 4 is 0 Å². The lowest BCUT2D eigenvalue weighted by atomic mass is 10.1. The smallest absolute Gasteiger partial charge is 0.0848 e. The SMILES string of the molecule is CC.CC(C)CCC(C)ON(C)N=O. The number of hydrogen-bond acceptors (Lipinski definition) is 3. The Labute approximate surface area is 87.5 Å². The molecule has 0 aromatic rings. The monoisotopic (exact) mass is 204 g/mol. The van der Waals surface area contributed by atoms with Gasteiger partial charge in [-0.25, -0.2) is 0 Å². The van der Waals surface area contributed by atoms with E-state index in [1.54, 1.807) is 0 Å². The van der Waals surface area contributed by atoms with E-state index in [1.807, 2.05) is 20.8 Å². The summed E-state index contributed by atoms with van der Waals surface area (Å²) < 4.78 is 0. The lowest BCUT2D eigenvalue weighted by Gasteiger charge is -2.16. The molecule has 0 amide bonds. The van der Waals surface area contributed by atoms with Gasteiger partial charge < -0.3 is 0 Å². The minimum atomic E-state index is 0.0649. The maximum Gasteiger partial charge on any atom is 0.0848 e. The summed E-state index contributed by atoms with van der Waals surface area (Å²) in [6.45, 7) is 10.3. The highest BCUT2D eigenvalue weighted by atomic mass is 16.7. The van der Waals surface area contributed by atoms with Gasteiger partial charge in [-0.3, -0.25) is 4.84 Å². The number of hydrogen-bond donors (Lipinski definition) is 0. The molecule has 0 heterocycles. The van der Waals surface area contributed by atoms with Crippen LogP contribution in [0.25, 0.3) is 0 Å². The van der Waals surface area contributed by atoms with Gasteiger partial charge >= 0.3 is 0 Å². The van der Waals surface area contributed by atoms with Crippen molar-refractivity contribution in [2.45, 2.75) is 53.6 Å². The van der Waals surface area contributed by atoms with Gasteiger partial charge in [-0.15, -0.1) is 10.1 Å². The Morgan fingerprint density at radius 3 is 2.07 bits per heavy atom. The van der Waals surface area contributed by atoms with Crippen molar-refractivity contribution < 1.29 is 4.84 Å². The van der Waals surface area contributed by atoms with Crippen LogP contribution in [0.1, 0.15) is 47.5 Å². The summed E-state index contributed by atoms with van der Waals surface area (Å²) in [7, 11) is 1.50. The first-order valence-corrected chi connectivity index (χ1v) is 5.30. The van der Waals surface area contributed by atoms with Crippen LogP contribution >= 0.6 is 0 Å². The van der Waals surface area contributed by atoms with E-state index in [0.29, 0.717) is 5.92 Å². The summed E-state index contributed by atoms with van der Waals surface area (Å²) in [6, 6.07) is 0. The van der Waals surface area contributed by atoms with Gasteiger partial charge in [0.25, 0.3) is 0 Å². The molecule has 0 aromatic carbocycles. The van der Waals surface area contributed by atoms with E-state index in [4.69, 9.17) is 4.84 Å². The van der Waals surface area contributed by atoms with E-state index < -0.39 is 0 Å². The molecule has 4 nitrogen and oxygen atoms in total. The summed E-state index contributed by atoms with van der Waals surface area (Å²) in [5.74, 6) is 0.672. The number of rotatable bonds is 6. The van der Waals surface area contributed by atoms with Crippen LogP contribution in [0.5, 0.6) is 0 Å². The first kappa shape index (κ1) is 15.8. The fourth-order valence-corrected chi connectivity index (χ4v) is 0.900. The molecule has 0 bridgehead atoms. The second kappa shape index (κ2) is 10.4. The Morgan fingerprint density at radius 1 is 1.21 bits per heavy atom. The van der Waals surface area contributed by atoms with Crippen molar-refractivity contribution in [1.82, 2.24) is 5.17 Å². The molecule has 0 aliphatic rings. The number of nitrogens with zero attached hydrogens (tertiary/aromatic N) is 2. The van der Waals surface area contributed by atoms with Gasteiger partial charge in [0.15, 0.2) is 0 Å². The number of nitroso groups, excluding NO2 is 1. The van der Waals surface area contributed by atoms with Gasteiger partial charge in [0.2, 0.25) is 0 Å². The number of hydroxylamine groups is 1. The molecule has 0 saturated carbocycles. The normalized spacial score (nSPS) is 11.6. The quantitative estimate of drug-likeness (QED) is 0.492. The van der Waals surface area contributed by atoms with Crippen LogP contribution < -0.4 is 0 Å². The Kier molecular flexibility index (Phi) is 11.8. The molecule has 0 fully saturated rings. The fraction of sp³-hybridized carbons (Fsp3) is 1.00. The van der Waals surface area contributed by atoms with Crippen molar-refractivity contribution in [3.63, 3.8) is 0 Å². The highest BCUT2D eigenvalue weighted by molar-refractivity contribution is 4.52. The zero-order valence-electron chi connectivity index (χ0n) is 10.3. The van der Waals surface area contributed by atoms with Gasteiger partial charge in [0.1, 0.15) is 0 Å². The van der Waals surface area contributed by atoms with E-state index in [-0.39, 0.29) is 6.10 Å². The van der Waals surface area contributed by atoms with E-state index >= 15 is 0 Å². The second-order valence-electron chi connectivity index (χ2n) is 3.43. The van der Waals surface area contributed by atoms with E-state index in [0.717, 1.165) is 18.0 Å². The van der Waals surface area contributed by atoms with Crippen LogP contribution in [0, 0.1) is 10.8 Å². The van der Waals surface area contributed by atoms with E-state index in [1.165, 1.54) is 7.05 Å². The lowest BCUT2D eigenvalue weighted by molar-refractivity contribution is -0.179. The minimum absolute atomic E-state index is 0.0649. The molecule has 0 aliphatic carbocycles. The molecule has 86 valence electrons. The van der Waals surface area contributed by atoms with Crippen molar-refractivity contribution in [1.29, 1.82) is 0 Å². The van der Waals surface area contributed by atoms with Crippen LogP contribution in [0.4, 0.5) is 0 Å². The molecule has 0 radical (unpaired) electrons. The fourth-order valence-electron chi connectivity index (χ4n) is 0.900. The Bertz CT molecular complexity index is 129. The summed E-state index contributed by atoms with van der Waals surface area (Å²) in [5, 5.41) is 3.58. The van der Waals surface area contributed by atoms with Crippen molar-refractivity contribution in [3.8, 4) is 0 Å². The average molecular weight is 204 g/mol. The average Bonchev–Trinajstić information content (AvgIpc) is 2.17. The summed E-state index contributed by atoms with van der Waals surface area (Å²) in [6.07, 6.45) is 2.13.